The lowest BCUT2D eigenvalue weighted by Gasteiger charge is -2.07. The Labute approximate surface area is 115 Å². The molecular formula is C16H13FN2O. The molecule has 100 valence electrons. The minimum Gasteiger partial charge on any atom is -0.361 e. The van der Waals surface area contributed by atoms with Crippen LogP contribution in [0.1, 0.15) is 15.9 Å². The third-order valence-corrected chi connectivity index (χ3v) is 3.25. The number of rotatable bonds is 2. The van der Waals surface area contributed by atoms with E-state index in [0.717, 1.165) is 10.9 Å². The molecule has 0 saturated heterocycles. The van der Waals surface area contributed by atoms with E-state index < -0.39 is 0 Å². The number of benzene rings is 2. The highest BCUT2D eigenvalue weighted by molar-refractivity contribution is 6.12. The number of fused-ring (bicyclic) bond motifs is 1. The number of nitrogens with one attached hydrogen (secondary N) is 2. The summed E-state index contributed by atoms with van der Waals surface area (Å²) in [5.41, 5.74) is 2.44. The lowest BCUT2D eigenvalue weighted by Crippen LogP contribution is -2.12. The second kappa shape index (κ2) is 4.81. The number of carbonyl (C=O) groups excluding carboxylic acids is 1. The summed E-state index contributed by atoms with van der Waals surface area (Å²) in [5.74, 6) is -0.501. The van der Waals surface area contributed by atoms with Crippen LogP contribution in [0, 0.1) is 12.7 Å². The van der Waals surface area contributed by atoms with E-state index in [9.17, 15) is 9.18 Å². The van der Waals surface area contributed by atoms with Crippen LogP contribution >= 0.6 is 0 Å². The minimum absolute atomic E-state index is 0.218. The summed E-state index contributed by atoms with van der Waals surface area (Å²) in [4.78, 5) is 15.4. The van der Waals surface area contributed by atoms with Crippen molar-refractivity contribution in [3.05, 3.63) is 65.6 Å². The Kier molecular flexibility index (Phi) is 2.99. The van der Waals surface area contributed by atoms with Gasteiger partial charge in [0.05, 0.1) is 11.1 Å². The molecule has 0 bridgehead atoms. The fourth-order valence-electron chi connectivity index (χ4n) is 2.20. The van der Waals surface area contributed by atoms with Gasteiger partial charge in [-0.15, -0.1) is 0 Å². The van der Waals surface area contributed by atoms with E-state index in [2.05, 4.69) is 10.3 Å². The van der Waals surface area contributed by atoms with Gasteiger partial charge in [0.1, 0.15) is 5.82 Å². The van der Waals surface area contributed by atoms with Crippen molar-refractivity contribution in [2.75, 3.05) is 5.32 Å². The number of amides is 1. The molecule has 0 aliphatic rings. The molecule has 1 amide bonds. The van der Waals surface area contributed by atoms with Crippen molar-refractivity contribution in [2.45, 2.75) is 6.92 Å². The number of para-hydroxylation sites is 1. The highest BCUT2D eigenvalue weighted by Gasteiger charge is 2.11. The van der Waals surface area contributed by atoms with Gasteiger partial charge in [0.25, 0.3) is 5.91 Å². The molecular weight excluding hydrogens is 255 g/mol. The van der Waals surface area contributed by atoms with Crippen LogP contribution in [0.5, 0.6) is 0 Å². The Morgan fingerprint density at radius 2 is 2.05 bits per heavy atom. The molecule has 1 aromatic heterocycles. The fourth-order valence-corrected chi connectivity index (χ4v) is 2.20. The van der Waals surface area contributed by atoms with E-state index in [0.29, 0.717) is 16.8 Å². The van der Waals surface area contributed by atoms with Crippen molar-refractivity contribution in [1.29, 1.82) is 0 Å². The molecule has 1 heterocycles. The second-order valence-electron chi connectivity index (χ2n) is 4.67. The van der Waals surface area contributed by atoms with E-state index in [1.54, 1.807) is 31.3 Å². The van der Waals surface area contributed by atoms with Gasteiger partial charge < -0.3 is 10.3 Å². The van der Waals surface area contributed by atoms with Gasteiger partial charge >= 0.3 is 0 Å². The maximum absolute atomic E-state index is 13.2. The van der Waals surface area contributed by atoms with Crippen molar-refractivity contribution < 1.29 is 9.18 Å². The zero-order valence-electron chi connectivity index (χ0n) is 10.9. The van der Waals surface area contributed by atoms with Gasteiger partial charge in [0, 0.05) is 17.3 Å². The number of carbonyl (C=O) groups is 1. The average molecular weight is 268 g/mol. The Morgan fingerprint density at radius 1 is 1.20 bits per heavy atom. The molecule has 0 aliphatic carbocycles. The van der Waals surface area contributed by atoms with Gasteiger partial charge in [0.2, 0.25) is 0 Å². The van der Waals surface area contributed by atoms with Gasteiger partial charge in [-0.05, 0) is 42.8 Å². The normalized spacial score (nSPS) is 10.7. The van der Waals surface area contributed by atoms with E-state index in [4.69, 9.17) is 0 Å². The minimum atomic E-state index is -0.283. The third-order valence-electron chi connectivity index (χ3n) is 3.25. The maximum Gasteiger partial charge on any atom is 0.257 e. The third kappa shape index (κ3) is 2.16. The van der Waals surface area contributed by atoms with E-state index in [-0.39, 0.29) is 11.7 Å². The molecule has 3 nitrogen and oxygen atoms in total. The first-order chi connectivity index (χ1) is 9.65. The summed E-state index contributed by atoms with van der Waals surface area (Å²) in [7, 11) is 0. The molecule has 0 spiro atoms. The molecule has 0 unspecified atom stereocenters. The van der Waals surface area contributed by atoms with E-state index in [1.807, 2.05) is 18.2 Å². The van der Waals surface area contributed by atoms with Crippen molar-refractivity contribution in [3.63, 3.8) is 0 Å². The van der Waals surface area contributed by atoms with Crippen molar-refractivity contribution in [1.82, 2.24) is 4.98 Å². The van der Waals surface area contributed by atoms with Gasteiger partial charge in [-0.1, -0.05) is 12.1 Å². The quantitative estimate of drug-likeness (QED) is 0.728. The van der Waals surface area contributed by atoms with Crippen LogP contribution in [0.3, 0.4) is 0 Å². The first-order valence-electron chi connectivity index (χ1n) is 6.29. The van der Waals surface area contributed by atoms with Crippen molar-refractivity contribution in [3.8, 4) is 0 Å². The monoisotopic (exact) mass is 268 g/mol. The van der Waals surface area contributed by atoms with E-state index >= 15 is 0 Å². The smallest absolute Gasteiger partial charge is 0.257 e. The molecule has 3 rings (SSSR count). The molecule has 20 heavy (non-hydrogen) atoms. The summed E-state index contributed by atoms with van der Waals surface area (Å²) in [5, 5.41) is 3.76. The first-order valence-corrected chi connectivity index (χ1v) is 6.29. The SMILES string of the molecule is Cc1cc(NC(=O)c2cccc3cc[nH]c23)ccc1F. The topological polar surface area (TPSA) is 44.9 Å². The maximum atomic E-state index is 13.2. The van der Waals surface area contributed by atoms with Crippen LogP contribution in [0.4, 0.5) is 10.1 Å². The van der Waals surface area contributed by atoms with Crippen LogP contribution in [-0.2, 0) is 0 Å². The Hall–Kier alpha value is -2.62. The number of hydrogen-bond donors (Lipinski definition) is 2. The highest BCUT2D eigenvalue weighted by Crippen LogP contribution is 2.19. The summed E-state index contributed by atoms with van der Waals surface area (Å²) in [6.45, 7) is 1.66. The van der Waals surface area contributed by atoms with Gasteiger partial charge in [0.15, 0.2) is 0 Å². The number of H-pyrrole nitrogens is 1. The van der Waals surface area contributed by atoms with Gasteiger partial charge in [-0.2, -0.15) is 0 Å². The van der Waals surface area contributed by atoms with E-state index in [1.165, 1.54) is 6.07 Å². The lowest BCUT2D eigenvalue weighted by molar-refractivity contribution is 0.102. The summed E-state index contributed by atoms with van der Waals surface area (Å²) < 4.78 is 13.2. The largest absolute Gasteiger partial charge is 0.361 e. The molecule has 0 saturated carbocycles. The number of aromatic amines is 1. The van der Waals surface area contributed by atoms with Crippen LogP contribution in [0.15, 0.2) is 48.7 Å². The molecule has 4 heteroatoms. The van der Waals surface area contributed by atoms with Crippen LogP contribution in [-0.4, -0.2) is 10.9 Å². The molecule has 2 aromatic carbocycles. The highest BCUT2D eigenvalue weighted by atomic mass is 19.1. The summed E-state index contributed by atoms with van der Waals surface area (Å²) in [6, 6.07) is 11.9. The molecule has 0 radical (unpaired) electrons. The fraction of sp³-hybridized carbons (Fsp3) is 0.0625. The average Bonchev–Trinajstić information content (AvgIpc) is 2.91. The molecule has 0 fully saturated rings. The Balaban J connectivity index is 1.93. The Morgan fingerprint density at radius 3 is 2.85 bits per heavy atom. The molecule has 0 aliphatic heterocycles. The zero-order chi connectivity index (χ0) is 14.1. The van der Waals surface area contributed by atoms with Crippen LogP contribution < -0.4 is 5.32 Å². The standard InChI is InChI=1S/C16H13FN2O/c1-10-9-12(5-6-14(10)17)19-16(20)13-4-2-3-11-7-8-18-15(11)13/h2-9,18H,1H3,(H,19,20). The predicted molar refractivity (Wildman–Crippen MR) is 77.4 cm³/mol. The number of aryl methyl sites for hydroxylation is 1. The summed E-state index contributed by atoms with van der Waals surface area (Å²) >= 11 is 0. The molecule has 3 aromatic rings. The second-order valence-corrected chi connectivity index (χ2v) is 4.67. The number of halogens is 1. The van der Waals surface area contributed by atoms with Gasteiger partial charge in [-0.3, -0.25) is 4.79 Å². The lowest BCUT2D eigenvalue weighted by atomic mass is 10.1. The molecule has 2 N–H and O–H groups in total. The van der Waals surface area contributed by atoms with Crippen LogP contribution in [0.2, 0.25) is 0 Å². The zero-order valence-corrected chi connectivity index (χ0v) is 10.9. The number of hydrogen-bond acceptors (Lipinski definition) is 1. The van der Waals surface area contributed by atoms with Gasteiger partial charge in [-0.25, -0.2) is 4.39 Å². The number of anilines is 1. The predicted octanol–water partition coefficient (Wildman–Crippen LogP) is 3.87. The Bertz CT molecular complexity index is 792. The molecule has 0 atom stereocenters. The van der Waals surface area contributed by atoms with Crippen molar-refractivity contribution >= 4 is 22.5 Å². The first kappa shape index (κ1) is 12.4. The number of aromatic nitrogens is 1. The summed E-state index contributed by atoms with van der Waals surface area (Å²) in [6.07, 6.45) is 1.80. The van der Waals surface area contributed by atoms with Crippen LogP contribution in [0.25, 0.3) is 10.9 Å². The van der Waals surface area contributed by atoms with Crippen molar-refractivity contribution in [2.24, 2.45) is 0 Å².